The third-order valence-electron chi connectivity index (χ3n) is 9.15. The Hall–Kier alpha value is -2.05. The number of benzene rings is 1. The minimum Gasteiger partial charge on any atom is -0.504 e. The number of piperidine rings is 1. The van der Waals surface area contributed by atoms with Gasteiger partial charge in [-0.15, -0.1) is 0 Å². The van der Waals surface area contributed by atoms with E-state index in [0.29, 0.717) is 12.2 Å². The van der Waals surface area contributed by atoms with Crippen molar-refractivity contribution in [2.24, 2.45) is 11.3 Å². The fraction of sp³-hybridized carbons (Fsp3) is 0.591. The van der Waals surface area contributed by atoms with Crippen molar-refractivity contribution in [3.05, 3.63) is 35.4 Å². The Balaban J connectivity index is 1.67. The zero-order valence-electron chi connectivity index (χ0n) is 16.0. The maximum absolute atomic E-state index is 12.9. The molecule has 146 valence electrons. The van der Waals surface area contributed by atoms with Crippen molar-refractivity contribution < 1.29 is 24.1 Å². The highest BCUT2D eigenvalue weighted by atomic mass is 16.6. The molecule has 6 nitrogen and oxygen atoms in total. The van der Waals surface area contributed by atoms with Gasteiger partial charge < -0.3 is 24.2 Å². The van der Waals surface area contributed by atoms with Gasteiger partial charge in [0.15, 0.2) is 17.1 Å². The quantitative estimate of drug-likeness (QED) is 0.588. The zero-order valence-corrected chi connectivity index (χ0v) is 16.0. The summed E-state index contributed by atoms with van der Waals surface area (Å²) in [4.78, 5) is 15.3. The number of nitrogens with zero attached hydrogens (tertiary/aromatic N) is 1. The fourth-order valence-electron chi connectivity index (χ4n) is 8.22. The van der Waals surface area contributed by atoms with Crippen LogP contribution in [0.4, 0.5) is 0 Å². The van der Waals surface area contributed by atoms with E-state index in [9.17, 15) is 9.90 Å². The number of hydrogen-bond donors (Lipinski definition) is 1. The number of carbonyl (C=O) groups is 1. The van der Waals surface area contributed by atoms with E-state index >= 15 is 0 Å². The number of esters is 1. The van der Waals surface area contributed by atoms with Gasteiger partial charge >= 0.3 is 5.97 Å². The first-order valence-electron chi connectivity index (χ1n) is 10.1. The van der Waals surface area contributed by atoms with Gasteiger partial charge in [-0.25, -0.2) is 0 Å². The first-order chi connectivity index (χ1) is 13.5. The summed E-state index contributed by atoms with van der Waals surface area (Å²) >= 11 is 0. The van der Waals surface area contributed by atoms with E-state index in [1.807, 2.05) is 0 Å². The van der Waals surface area contributed by atoms with Crippen LogP contribution < -0.4 is 4.74 Å². The number of likely N-dealkylation sites (tertiary alicyclic amines) is 1. The van der Waals surface area contributed by atoms with Crippen LogP contribution in [-0.2, 0) is 26.1 Å². The third kappa shape index (κ3) is 1.17. The number of methoxy groups -OCH3 is 1. The molecule has 3 aliphatic heterocycles. The number of rotatable bonds is 1. The second kappa shape index (κ2) is 4.26. The summed E-state index contributed by atoms with van der Waals surface area (Å²) in [5, 5.41) is 10.7. The Kier molecular flexibility index (Phi) is 2.41. The van der Waals surface area contributed by atoms with Gasteiger partial charge in [-0.05, 0) is 44.5 Å². The van der Waals surface area contributed by atoms with Crippen LogP contribution in [0.3, 0.4) is 0 Å². The van der Waals surface area contributed by atoms with Gasteiger partial charge in [0, 0.05) is 24.1 Å². The average Bonchev–Trinajstić information content (AvgIpc) is 3.02. The molecule has 0 unspecified atom stereocenters. The molecule has 1 N–H and O–H groups in total. The first-order valence-corrected chi connectivity index (χ1v) is 10.1. The van der Waals surface area contributed by atoms with Crippen molar-refractivity contribution in [2.75, 3.05) is 27.3 Å². The number of phenols is 1. The van der Waals surface area contributed by atoms with Gasteiger partial charge in [0.2, 0.25) is 0 Å². The predicted octanol–water partition coefficient (Wildman–Crippen LogP) is 1.54. The van der Waals surface area contributed by atoms with Gasteiger partial charge in [0.05, 0.1) is 11.3 Å². The largest absolute Gasteiger partial charge is 0.504 e. The highest BCUT2D eigenvalue weighted by Crippen LogP contribution is 2.79. The minimum absolute atomic E-state index is 0.159. The first kappa shape index (κ1) is 15.8. The van der Waals surface area contributed by atoms with E-state index in [-0.39, 0.29) is 35.2 Å². The Morgan fingerprint density at radius 1 is 1.32 bits per heavy atom. The molecule has 4 aliphatic carbocycles. The van der Waals surface area contributed by atoms with Crippen molar-refractivity contribution in [3.8, 4) is 11.5 Å². The van der Waals surface area contributed by atoms with Crippen molar-refractivity contribution in [1.29, 1.82) is 0 Å². The summed E-state index contributed by atoms with van der Waals surface area (Å²) in [7, 11) is 3.87. The van der Waals surface area contributed by atoms with Crippen LogP contribution in [0.5, 0.6) is 11.5 Å². The molecule has 6 bridgehead atoms. The Morgan fingerprint density at radius 3 is 3.00 bits per heavy atom. The lowest BCUT2D eigenvalue weighted by Gasteiger charge is -2.75. The Labute approximate surface area is 163 Å². The van der Waals surface area contributed by atoms with E-state index in [0.717, 1.165) is 24.9 Å². The lowest BCUT2D eigenvalue weighted by atomic mass is 9.33. The molecule has 0 amide bonds. The molecule has 6 heteroatoms. The van der Waals surface area contributed by atoms with Crippen LogP contribution in [0.15, 0.2) is 24.3 Å². The lowest BCUT2D eigenvalue weighted by Crippen LogP contribution is -2.87. The van der Waals surface area contributed by atoms with E-state index in [4.69, 9.17) is 14.2 Å². The maximum Gasteiger partial charge on any atom is 0.312 e. The monoisotopic (exact) mass is 381 g/mol. The van der Waals surface area contributed by atoms with Crippen LogP contribution >= 0.6 is 0 Å². The number of phenolic OH excluding ortho intramolecular Hbond substituents is 1. The molecule has 1 aromatic rings. The molecular weight excluding hydrogens is 358 g/mol. The molecule has 1 saturated carbocycles. The normalized spacial score (nSPS) is 48.9. The zero-order chi connectivity index (χ0) is 19.1. The number of carbonyl (C=O) groups excluding carboxylic acids is 1. The minimum atomic E-state index is -0.870. The fourth-order valence-corrected chi connectivity index (χ4v) is 8.22. The van der Waals surface area contributed by atoms with Crippen LogP contribution in [0.1, 0.15) is 24.0 Å². The van der Waals surface area contributed by atoms with E-state index in [1.165, 1.54) is 5.56 Å². The molecule has 8 rings (SSSR count). The number of ether oxygens (including phenoxy) is 3. The Morgan fingerprint density at radius 2 is 2.18 bits per heavy atom. The van der Waals surface area contributed by atoms with Gasteiger partial charge in [-0.3, -0.25) is 4.79 Å². The van der Waals surface area contributed by atoms with Gasteiger partial charge in [-0.2, -0.15) is 0 Å². The number of hydrogen-bond acceptors (Lipinski definition) is 6. The van der Waals surface area contributed by atoms with Crippen molar-refractivity contribution in [2.45, 2.75) is 41.9 Å². The third-order valence-corrected chi connectivity index (χ3v) is 9.15. The van der Waals surface area contributed by atoms with Crippen LogP contribution in [0, 0.1) is 11.3 Å². The van der Waals surface area contributed by atoms with Gasteiger partial charge in [0.1, 0.15) is 12.2 Å². The maximum atomic E-state index is 12.9. The second-order valence-corrected chi connectivity index (χ2v) is 9.47. The molecular formula is C22H23NO5. The van der Waals surface area contributed by atoms with Crippen LogP contribution in [0.25, 0.3) is 0 Å². The summed E-state index contributed by atoms with van der Waals surface area (Å²) in [6.45, 7) is 1.10. The molecule has 3 spiro atoms. The molecule has 3 fully saturated rings. The van der Waals surface area contributed by atoms with E-state index in [1.54, 1.807) is 13.2 Å². The molecule has 6 atom stereocenters. The highest BCUT2D eigenvalue weighted by molar-refractivity contribution is 5.81. The summed E-state index contributed by atoms with van der Waals surface area (Å²) < 4.78 is 18.7. The van der Waals surface area contributed by atoms with Gasteiger partial charge in [0.25, 0.3) is 0 Å². The molecule has 0 radical (unpaired) electrons. The highest BCUT2D eigenvalue weighted by Gasteiger charge is 2.88. The SMILES string of the molecule is CO[C@]12C=C[C@]34C[C@@H]1C(=O)OC[C@@]21Oc2c(O)ccc5c2[C@@]13CCN(C)[C@H]4C5. The summed E-state index contributed by atoms with van der Waals surface area (Å²) in [5.74, 6) is 0.162. The molecule has 3 heterocycles. The van der Waals surface area contributed by atoms with Crippen molar-refractivity contribution in [1.82, 2.24) is 4.90 Å². The molecule has 1 aromatic carbocycles. The topological polar surface area (TPSA) is 68.2 Å². The van der Waals surface area contributed by atoms with E-state index < -0.39 is 17.1 Å². The van der Waals surface area contributed by atoms with Crippen LogP contribution in [0.2, 0.25) is 0 Å². The number of aromatic hydroxyl groups is 1. The van der Waals surface area contributed by atoms with Crippen molar-refractivity contribution >= 4 is 5.97 Å². The second-order valence-electron chi connectivity index (χ2n) is 9.47. The smallest absolute Gasteiger partial charge is 0.312 e. The molecule has 0 aromatic heterocycles. The van der Waals surface area contributed by atoms with Crippen LogP contribution in [-0.4, -0.2) is 60.5 Å². The van der Waals surface area contributed by atoms with E-state index in [2.05, 4.69) is 30.2 Å². The molecule has 28 heavy (non-hydrogen) atoms. The molecule has 2 saturated heterocycles. The summed E-state index contributed by atoms with van der Waals surface area (Å²) in [6.07, 6.45) is 6.91. The number of likely N-dealkylation sites (N-methyl/N-ethyl adjacent to an activating group) is 1. The molecule has 7 aliphatic rings. The average molecular weight is 381 g/mol. The number of cyclic esters (lactones) is 1. The van der Waals surface area contributed by atoms with Crippen molar-refractivity contribution in [3.63, 3.8) is 0 Å². The standard InChI is InChI=1S/C22H23NO5/c1-23-8-7-20-16-12-3-4-14(24)17(16)28-22(20)11-27-18(25)13-10-19(20,15(23)9-12)5-6-21(13,22)26-2/h3-6,13,15,24H,7-11H2,1-2H3/t13-,15+,19-,20-,21-,22+/m1/s1. The van der Waals surface area contributed by atoms with Gasteiger partial charge in [-0.1, -0.05) is 18.2 Å². The Bertz CT molecular complexity index is 1000. The summed E-state index contributed by atoms with van der Waals surface area (Å²) in [6, 6.07) is 4.08. The lowest BCUT2D eigenvalue weighted by molar-refractivity contribution is -0.298. The summed E-state index contributed by atoms with van der Waals surface area (Å²) in [5.41, 5.74) is 0.0874. The predicted molar refractivity (Wildman–Crippen MR) is 98.3 cm³/mol.